The van der Waals surface area contributed by atoms with Crippen molar-refractivity contribution in [2.24, 2.45) is 0 Å². The minimum absolute atomic E-state index is 0.0709. The first-order chi connectivity index (χ1) is 9.44. The second-order valence-electron chi connectivity index (χ2n) is 5.83. The molecular formula is C16H22N2O2. The number of hydrogen-bond donors (Lipinski definition) is 1. The van der Waals surface area contributed by atoms with Crippen LogP contribution >= 0.6 is 0 Å². The third kappa shape index (κ3) is 3.00. The van der Waals surface area contributed by atoms with Crippen LogP contribution in [0, 0.1) is 0 Å². The highest BCUT2D eigenvalue weighted by Gasteiger charge is 2.39. The average Bonchev–Trinajstić information content (AvgIpc) is 2.41. The fourth-order valence-corrected chi connectivity index (χ4v) is 2.43. The van der Waals surface area contributed by atoms with Gasteiger partial charge in [-0.3, -0.25) is 9.59 Å². The van der Waals surface area contributed by atoms with E-state index >= 15 is 0 Å². The van der Waals surface area contributed by atoms with E-state index in [1.54, 1.807) is 18.7 Å². The second kappa shape index (κ2) is 5.65. The number of nitrogens with one attached hydrogen (secondary N) is 1. The Labute approximate surface area is 120 Å². The van der Waals surface area contributed by atoms with Crippen LogP contribution in [0.2, 0.25) is 0 Å². The third-order valence-corrected chi connectivity index (χ3v) is 3.60. The van der Waals surface area contributed by atoms with E-state index in [1.807, 2.05) is 24.3 Å². The number of rotatable bonds is 4. The summed E-state index contributed by atoms with van der Waals surface area (Å²) >= 11 is 0. The molecule has 1 heterocycles. The molecule has 0 saturated carbocycles. The van der Waals surface area contributed by atoms with Crippen LogP contribution in [0.4, 0.5) is 5.69 Å². The van der Waals surface area contributed by atoms with Crippen LogP contribution in [0.1, 0.15) is 39.2 Å². The molecule has 2 amide bonds. The molecule has 0 bridgehead atoms. The van der Waals surface area contributed by atoms with Gasteiger partial charge < -0.3 is 10.2 Å². The molecule has 0 atom stereocenters. The molecule has 20 heavy (non-hydrogen) atoms. The van der Waals surface area contributed by atoms with Crippen molar-refractivity contribution in [2.45, 2.75) is 45.6 Å². The molecule has 4 heteroatoms. The lowest BCUT2D eigenvalue weighted by atomic mass is 9.99. The first kappa shape index (κ1) is 14.6. The summed E-state index contributed by atoms with van der Waals surface area (Å²) < 4.78 is 0. The number of anilines is 1. The molecule has 1 aromatic carbocycles. The van der Waals surface area contributed by atoms with E-state index in [0.29, 0.717) is 0 Å². The van der Waals surface area contributed by atoms with Crippen LogP contribution in [0.5, 0.6) is 0 Å². The van der Waals surface area contributed by atoms with Crippen LogP contribution in [-0.2, 0) is 16.0 Å². The Morgan fingerprint density at radius 3 is 2.45 bits per heavy atom. The van der Waals surface area contributed by atoms with Gasteiger partial charge >= 0.3 is 0 Å². The Balaban J connectivity index is 2.18. The fraction of sp³-hybridized carbons (Fsp3) is 0.500. The summed E-state index contributed by atoms with van der Waals surface area (Å²) in [5.41, 5.74) is 1.22. The number of amides is 2. The second-order valence-corrected chi connectivity index (χ2v) is 5.83. The first-order valence-electron chi connectivity index (χ1n) is 7.16. The fourth-order valence-electron chi connectivity index (χ4n) is 2.43. The van der Waals surface area contributed by atoms with Crippen molar-refractivity contribution in [2.75, 3.05) is 11.4 Å². The molecule has 1 aliphatic rings. The summed E-state index contributed by atoms with van der Waals surface area (Å²) in [6, 6.07) is 7.94. The van der Waals surface area contributed by atoms with Crippen molar-refractivity contribution in [3.63, 3.8) is 0 Å². The van der Waals surface area contributed by atoms with Gasteiger partial charge in [-0.15, -0.1) is 0 Å². The van der Waals surface area contributed by atoms with E-state index in [2.05, 4.69) is 12.2 Å². The molecule has 1 saturated heterocycles. The normalized spacial score (nSPS) is 18.1. The summed E-state index contributed by atoms with van der Waals surface area (Å²) in [7, 11) is 0. The Bertz CT molecular complexity index is 506. The van der Waals surface area contributed by atoms with E-state index in [4.69, 9.17) is 0 Å². The van der Waals surface area contributed by atoms with Gasteiger partial charge in [0.15, 0.2) is 0 Å². The van der Waals surface area contributed by atoms with Gasteiger partial charge in [-0.1, -0.05) is 25.5 Å². The first-order valence-corrected chi connectivity index (χ1v) is 7.16. The molecule has 2 rings (SSSR count). The van der Waals surface area contributed by atoms with Gasteiger partial charge in [0.2, 0.25) is 5.91 Å². The Morgan fingerprint density at radius 1 is 1.20 bits per heavy atom. The minimum atomic E-state index is -0.837. The zero-order chi connectivity index (χ0) is 14.8. The number of piperazine rings is 1. The highest BCUT2D eigenvalue weighted by Crippen LogP contribution is 2.22. The largest absolute Gasteiger partial charge is 0.341 e. The summed E-state index contributed by atoms with van der Waals surface area (Å²) in [6.07, 6.45) is 3.38. The molecule has 0 aromatic heterocycles. The predicted octanol–water partition coefficient (Wildman–Crippen LogP) is 2.27. The molecule has 4 nitrogen and oxygen atoms in total. The molecule has 108 valence electrons. The number of carbonyl (C=O) groups excluding carboxylic acids is 2. The average molecular weight is 274 g/mol. The molecule has 1 fully saturated rings. The van der Waals surface area contributed by atoms with E-state index in [-0.39, 0.29) is 18.4 Å². The molecule has 1 N–H and O–H groups in total. The summed E-state index contributed by atoms with van der Waals surface area (Å²) in [6.45, 7) is 5.72. The molecule has 1 aliphatic heterocycles. The predicted molar refractivity (Wildman–Crippen MR) is 79.6 cm³/mol. The van der Waals surface area contributed by atoms with Gasteiger partial charge in [-0.25, -0.2) is 0 Å². The molecule has 0 aliphatic carbocycles. The Kier molecular flexibility index (Phi) is 4.12. The quantitative estimate of drug-likeness (QED) is 0.915. The van der Waals surface area contributed by atoms with Gasteiger partial charge in [-0.05, 0) is 44.4 Å². The van der Waals surface area contributed by atoms with Crippen LogP contribution < -0.4 is 10.2 Å². The van der Waals surface area contributed by atoms with E-state index < -0.39 is 5.54 Å². The van der Waals surface area contributed by atoms with E-state index in [0.717, 1.165) is 18.5 Å². The van der Waals surface area contributed by atoms with Gasteiger partial charge in [0.1, 0.15) is 12.1 Å². The number of hydrogen-bond acceptors (Lipinski definition) is 2. The Morgan fingerprint density at radius 2 is 1.85 bits per heavy atom. The molecule has 0 radical (unpaired) electrons. The van der Waals surface area contributed by atoms with Gasteiger partial charge in [0.25, 0.3) is 5.91 Å². The van der Waals surface area contributed by atoms with Crippen molar-refractivity contribution in [3.8, 4) is 0 Å². The lowest BCUT2D eigenvalue weighted by Crippen LogP contribution is -2.64. The minimum Gasteiger partial charge on any atom is -0.341 e. The number of unbranched alkanes of at least 4 members (excludes halogenated alkanes) is 1. The van der Waals surface area contributed by atoms with Crippen molar-refractivity contribution >= 4 is 17.5 Å². The highest BCUT2D eigenvalue weighted by atomic mass is 16.2. The number of nitrogens with zero attached hydrogens (tertiary/aromatic N) is 1. The van der Waals surface area contributed by atoms with Crippen LogP contribution in [0.15, 0.2) is 24.3 Å². The van der Waals surface area contributed by atoms with Crippen molar-refractivity contribution in [1.82, 2.24) is 5.32 Å². The standard InChI is InChI=1S/C16H22N2O2/c1-4-5-6-12-7-9-13(10-8-12)18-11-14(19)17-16(2,3)15(18)20/h7-10H,4-6,11H2,1-3H3,(H,17,19). The van der Waals surface area contributed by atoms with Crippen LogP contribution in [0.3, 0.4) is 0 Å². The zero-order valence-electron chi connectivity index (χ0n) is 12.4. The zero-order valence-corrected chi connectivity index (χ0v) is 12.4. The summed E-state index contributed by atoms with van der Waals surface area (Å²) in [5.74, 6) is -0.192. The molecular weight excluding hydrogens is 252 g/mol. The Hall–Kier alpha value is -1.84. The smallest absolute Gasteiger partial charge is 0.252 e. The molecule has 1 aromatic rings. The summed E-state index contributed by atoms with van der Waals surface area (Å²) in [4.78, 5) is 25.6. The summed E-state index contributed by atoms with van der Waals surface area (Å²) in [5, 5.41) is 2.71. The molecule has 0 spiro atoms. The molecule has 0 unspecified atom stereocenters. The van der Waals surface area contributed by atoms with Crippen LogP contribution in [-0.4, -0.2) is 23.9 Å². The SMILES string of the molecule is CCCCc1ccc(N2CC(=O)NC(C)(C)C2=O)cc1. The third-order valence-electron chi connectivity index (χ3n) is 3.60. The topological polar surface area (TPSA) is 49.4 Å². The lowest BCUT2D eigenvalue weighted by molar-refractivity contribution is -0.134. The number of aryl methyl sites for hydroxylation is 1. The monoisotopic (exact) mass is 274 g/mol. The van der Waals surface area contributed by atoms with Crippen molar-refractivity contribution in [3.05, 3.63) is 29.8 Å². The maximum absolute atomic E-state index is 12.4. The van der Waals surface area contributed by atoms with Crippen molar-refractivity contribution in [1.29, 1.82) is 0 Å². The lowest BCUT2D eigenvalue weighted by Gasteiger charge is -2.37. The maximum Gasteiger partial charge on any atom is 0.252 e. The van der Waals surface area contributed by atoms with Crippen LogP contribution in [0.25, 0.3) is 0 Å². The van der Waals surface area contributed by atoms with Gasteiger partial charge in [0, 0.05) is 5.69 Å². The van der Waals surface area contributed by atoms with E-state index in [1.165, 1.54) is 12.0 Å². The highest BCUT2D eigenvalue weighted by molar-refractivity contribution is 6.08. The van der Waals surface area contributed by atoms with Gasteiger partial charge in [0.05, 0.1) is 0 Å². The van der Waals surface area contributed by atoms with E-state index in [9.17, 15) is 9.59 Å². The number of benzene rings is 1. The maximum atomic E-state index is 12.4. The van der Waals surface area contributed by atoms with Gasteiger partial charge in [-0.2, -0.15) is 0 Å². The number of carbonyl (C=O) groups is 2. The van der Waals surface area contributed by atoms with Crippen molar-refractivity contribution < 1.29 is 9.59 Å².